The molecule has 1 saturated heterocycles. The first kappa shape index (κ1) is 12.3. The normalized spacial score (nSPS) is 38.2. The van der Waals surface area contributed by atoms with E-state index in [0.717, 1.165) is 32.2 Å². The molecule has 1 atom stereocenters. The topological polar surface area (TPSA) is 52.6 Å². The van der Waals surface area contributed by atoms with Gasteiger partial charge < -0.3 is 15.3 Å². The van der Waals surface area contributed by atoms with Crippen molar-refractivity contribution in [3.8, 4) is 0 Å². The van der Waals surface area contributed by atoms with Gasteiger partial charge in [0, 0.05) is 12.6 Å². The first-order chi connectivity index (χ1) is 8.74. The van der Waals surface area contributed by atoms with Crippen molar-refractivity contribution in [2.75, 3.05) is 6.54 Å². The number of aliphatic hydroxyl groups is 1. The second kappa shape index (κ2) is 5.08. The zero-order valence-corrected chi connectivity index (χ0v) is 11.0. The summed E-state index contributed by atoms with van der Waals surface area (Å²) in [5.41, 5.74) is 0. The van der Waals surface area contributed by atoms with Crippen LogP contribution >= 0.6 is 0 Å². The molecule has 0 aromatic rings. The molecule has 0 aromatic carbocycles. The van der Waals surface area contributed by atoms with Gasteiger partial charge in [-0.2, -0.15) is 0 Å². The highest BCUT2D eigenvalue weighted by atomic mass is 16.3. The van der Waals surface area contributed by atoms with Gasteiger partial charge in [0.25, 0.3) is 0 Å². The lowest BCUT2D eigenvalue weighted by Gasteiger charge is -2.32. The van der Waals surface area contributed by atoms with Gasteiger partial charge in [0.15, 0.2) is 0 Å². The molecule has 3 fully saturated rings. The molecule has 1 aliphatic heterocycles. The van der Waals surface area contributed by atoms with E-state index in [4.69, 9.17) is 0 Å². The first-order valence-corrected chi connectivity index (χ1v) is 7.49. The molecule has 4 nitrogen and oxygen atoms in total. The fraction of sp³-hybridized carbons (Fsp3) is 0.929. The van der Waals surface area contributed by atoms with Crippen LogP contribution in [0.15, 0.2) is 0 Å². The number of carbonyl (C=O) groups excluding carboxylic acids is 1. The molecule has 18 heavy (non-hydrogen) atoms. The quantitative estimate of drug-likeness (QED) is 0.788. The van der Waals surface area contributed by atoms with Crippen LogP contribution in [0.1, 0.15) is 51.4 Å². The summed E-state index contributed by atoms with van der Waals surface area (Å²) in [6, 6.07) is 0.875. The van der Waals surface area contributed by atoms with E-state index < -0.39 is 0 Å². The van der Waals surface area contributed by atoms with Gasteiger partial charge in [-0.15, -0.1) is 0 Å². The summed E-state index contributed by atoms with van der Waals surface area (Å²) in [4.78, 5) is 14.1. The van der Waals surface area contributed by atoms with E-state index in [1.807, 2.05) is 4.90 Å². The van der Waals surface area contributed by atoms with Crippen LogP contribution in [0.4, 0.5) is 4.79 Å². The van der Waals surface area contributed by atoms with Crippen molar-refractivity contribution >= 4 is 6.03 Å². The van der Waals surface area contributed by atoms with Gasteiger partial charge in [0.1, 0.15) is 0 Å². The molecular formula is C14H24N2O2. The number of hydrogen-bond acceptors (Lipinski definition) is 2. The van der Waals surface area contributed by atoms with Crippen molar-refractivity contribution in [3.05, 3.63) is 0 Å². The second-order valence-electron chi connectivity index (χ2n) is 6.22. The molecule has 0 spiro atoms. The minimum Gasteiger partial charge on any atom is -0.393 e. The highest BCUT2D eigenvalue weighted by Crippen LogP contribution is 2.32. The SMILES string of the molecule is O=C1NC(C2CCCC2)CN1C1CCC(O)CC1. The van der Waals surface area contributed by atoms with Crippen LogP contribution in [-0.2, 0) is 0 Å². The zero-order chi connectivity index (χ0) is 12.5. The minimum absolute atomic E-state index is 0.133. The Morgan fingerprint density at radius 2 is 1.72 bits per heavy atom. The van der Waals surface area contributed by atoms with Gasteiger partial charge in [0.2, 0.25) is 0 Å². The van der Waals surface area contributed by atoms with E-state index in [9.17, 15) is 9.90 Å². The van der Waals surface area contributed by atoms with Crippen LogP contribution in [0, 0.1) is 5.92 Å². The monoisotopic (exact) mass is 252 g/mol. The Balaban J connectivity index is 1.58. The zero-order valence-electron chi connectivity index (χ0n) is 11.0. The average molecular weight is 252 g/mol. The van der Waals surface area contributed by atoms with Gasteiger partial charge in [-0.05, 0) is 44.4 Å². The lowest BCUT2D eigenvalue weighted by atomic mass is 9.91. The molecule has 2 amide bonds. The Hall–Kier alpha value is -0.770. The predicted molar refractivity (Wildman–Crippen MR) is 69.2 cm³/mol. The van der Waals surface area contributed by atoms with E-state index >= 15 is 0 Å². The number of aliphatic hydroxyl groups excluding tert-OH is 1. The Kier molecular flexibility index (Phi) is 3.46. The van der Waals surface area contributed by atoms with Gasteiger partial charge in [0.05, 0.1) is 12.1 Å². The highest BCUT2D eigenvalue weighted by Gasteiger charge is 2.39. The number of carbonyl (C=O) groups is 1. The van der Waals surface area contributed by atoms with Crippen molar-refractivity contribution in [2.45, 2.75) is 69.6 Å². The van der Waals surface area contributed by atoms with Crippen LogP contribution in [0.5, 0.6) is 0 Å². The molecule has 2 aliphatic carbocycles. The second-order valence-corrected chi connectivity index (χ2v) is 6.22. The maximum Gasteiger partial charge on any atom is 0.318 e. The fourth-order valence-electron chi connectivity index (χ4n) is 3.89. The number of amides is 2. The molecule has 0 bridgehead atoms. The maximum atomic E-state index is 12.1. The van der Waals surface area contributed by atoms with Crippen LogP contribution in [0.2, 0.25) is 0 Å². The van der Waals surface area contributed by atoms with E-state index in [2.05, 4.69) is 5.32 Å². The van der Waals surface area contributed by atoms with Crippen molar-refractivity contribution in [2.24, 2.45) is 5.92 Å². The molecule has 3 rings (SSSR count). The third-order valence-corrected chi connectivity index (χ3v) is 5.04. The van der Waals surface area contributed by atoms with Gasteiger partial charge >= 0.3 is 6.03 Å². The number of urea groups is 1. The summed E-state index contributed by atoms with van der Waals surface area (Å²) in [5, 5.41) is 12.7. The lowest BCUT2D eigenvalue weighted by Crippen LogP contribution is -2.41. The van der Waals surface area contributed by atoms with Crippen molar-refractivity contribution < 1.29 is 9.90 Å². The summed E-state index contributed by atoms with van der Waals surface area (Å²) in [7, 11) is 0. The third-order valence-electron chi connectivity index (χ3n) is 5.04. The smallest absolute Gasteiger partial charge is 0.318 e. The highest BCUT2D eigenvalue weighted by molar-refractivity contribution is 5.77. The van der Waals surface area contributed by atoms with Crippen LogP contribution in [0.25, 0.3) is 0 Å². The molecule has 3 aliphatic rings. The van der Waals surface area contributed by atoms with Crippen molar-refractivity contribution in [3.63, 3.8) is 0 Å². The minimum atomic E-state index is -0.141. The molecule has 1 unspecified atom stereocenters. The van der Waals surface area contributed by atoms with Gasteiger partial charge in [-0.25, -0.2) is 4.79 Å². The Bertz CT molecular complexity index is 307. The molecule has 1 heterocycles. The van der Waals surface area contributed by atoms with Crippen LogP contribution < -0.4 is 5.32 Å². The van der Waals surface area contributed by atoms with Crippen molar-refractivity contribution in [1.29, 1.82) is 0 Å². The summed E-state index contributed by atoms with van der Waals surface area (Å²) < 4.78 is 0. The van der Waals surface area contributed by atoms with Crippen LogP contribution in [0.3, 0.4) is 0 Å². The molecule has 2 saturated carbocycles. The molecule has 0 aromatic heterocycles. The Morgan fingerprint density at radius 3 is 2.39 bits per heavy atom. The standard InChI is InChI=1S/C14H24N2O2/c17-12-7-5-11(6-8-12)16-9-13(15-14(16)18)10-3-1-2-4-10/h10-13,17H,1-9H2,(H,15,18). The van der Waals surface area contributed by atoms with Crippen LogP contribution in [-0.4, -0.2) is 40.8 Å². The summed E-state index contributed by atoms with van der Waals surface area (Å²) in [6.07, 6.45) is 8.70. The largest absolute Gasteiger partial charge is 0.393 e. The molecule has 2 N–H and O–H groups in total. The number of nitrogens with one attached hydrogen (secondary N) is 1. The summed E-state index contributed by atoms with van der Waals surface area (Å²) >= 11 is 0. The van der Waals surface area contributed by atoms with Gasteiger partial charge in [-0.3, -0.25) is 0 Å². The first-order valence-electron chi connectivity index (χ1n) is 7.49. The van der Waals surface area contributed by atoms with E-state index in [-0.39, 0.29) is 12.1 Å². The van der Waals surface area contributed by atoms with Gasteiger partial charge in [-0.1, -0.05) is 12.8 Å². The summed E-state index contributed by atoms with van der Waals surface area (Å²) in [6.45, 7) is 0.893. The molecular weight excluding hydrogens is 228 g/mol. The van der Waals surface area contributed by atoms with E-state index in [0.29, 0.717) is 18.0 Å². The van der Waals surface area contributed by atoms with E-state index in [1.165, 1.54) is 25.7 Å². The summed E-state index contributed by atoms with van der Waals surface area (Å²) in [5.74, 6) is 0.702. The Morgan fingerprint density at radius 1 is 1.06 bits per heavy atom. The fourth-order valence-corrected chi connectivity index (χ4v) is 3.89. The molecule has 102 valence electrons. The molecule has 0 radical (unpaired) electrons. The molecule has 4 heteroatoms. The lowest BCUT2D eigenvalue weighted by molar-refractivity contribution is 0.0900. The number of rotatable bonds is 2. The maximum absolute atomic E-state index is 12.1. The Labute approximate surface area is 109 Å². The number of hydrogen-bond donors (Lipinski definition) is 2. The van der Waals surface area contributed by atoms with E-state index in [1.54, 1.807) is 0 Å². The number of nitrogens with zero attached hydrogens (tertiary/aromatic N) is 1. The average Bonchev–Trinajstić information content (AvgIpc) is 2.99. The van der Waals surface area contributed by atoms with Crippen molar-refractivity contribution in [1.82, 2.24) is 10.2 Å². The predicted octanol–water partition coefficient (Wildman–Crippen LogP) is 1.87. The third kappa shape index (κ3) is 2.35.